The molecule has 6 aliphatic rings. The monoisotopic (exact) mass is 550 g/mol. The van der Waals surface area contributed by atoms with Crippen LogP contribution in [0.3, 0.4) is 0 Å². The van der Waals surface area contributed by atoms with Gasteiger partial charge in [-0.25, -0.2) is 4.98 Å². The molecule has 1 saturated heterocycles. The molecule has 4 saturated carbocycles. The van der Waals surface area contributed by atoms with Gasteiger partial charge in [0.15, 0.2) is 0 Å². The summed E-state index contributed by atoms with van der Waals surface area (Å²) in [5.41, 5.74) is 2.40. The predicted molar refractivity (Wildman–Crippen MR) is 142 cm³/mol. The Balaban J connectivity index is 0.977. The quantitative estimate of drug-likeness (QED) is 0.404. The summed E-state index contributed by atoms with van der Waals surface area (Å²) in [6.45, 7) is 0.358. The molecular formula is C28H30N4O4S2. The first-order valence-corrected chi connectivity index (χ1v) is 15.4. The summed E-state index contributed by atoms with van der Waals surface area (Å²) >= 11 is 3.18. The fourth-order valence-electron chi connectivity index (χ4n) is 7.82. The van der Waals surface area contributed by atoms with Crippen LogP contribution in [0, 0.1) is 17.8 Å². The minimum absolute atomic E-state index is 0.0478. The summed E-state index contributed by atoms with van der Waals surface area (Å²) in [5, 5.41) is 8.72. The largest absolute Gasteiger partial charge is 0.350 e. The number of amides is 4. The van der Waals surface area contributed by atoms with Crippen molar-refractivity contribution in [3.05, 3.63) is 45.4 Å². The molecule has 4 bridgehead atoms. The van der Waals surface area contributed by atoms with Gasteiger partial charge >= 0.3 is 0 Å². The third kappa shape index (κ3) is 4.16. The minimum atomic E-state index is -0.618. The molecule has 1 aromatic carbocycles. The Bertz CT molecular complexity index is 1340. The van der Waals surface area contributed by atoms with E-state index in [1.165, 1.54) is 19.3 Å². The van der Waals surface area contributed by atoms with Crippen molar-refractivity contribution in [2.75, 3.05) is 0 Å². The van der Waals surface area contributed by atoms with Gasteiger partial charge in [-0.1, -0.05) is 6.07 Å². The van der Waals surface area contributed by atoms with Gasteiger partial charge < -0.3 is 10.2 Å². The second-order valence-corrected chi connectivity index (χ2v) is 13.6. The van der Waals surface area contributed by atoms with Gasteiger partial charge in [-0.3, -0.25) is 24.5 Å². The molecule has 1 aromatic heterocycles. The van der Waals surface area contributed by atoms with E-state index in [2.05, 4.69) is 10.6 Å². The van der Waals surface area contributed by atoms with Gasteiger partial charge in [-0.05, 0) is 74.0 Å². The van der Waals surface area contributed by atoms with Crippen molar-refractivity contribution in [2.45, 2.75) is 80.1 Å². The molecule has 3 atom stereocenters. The molecule has 198 valence electrons. The van der Waals surface area contributed by atoms with E-state index >= 15 is 0 Å². The number of nitrogens with zero attached hydrogens (tertiary/aromatic N) is 2. The highest BCUT2D eigenvalue weighted by molar-refractivity contribution is 7.98. The van der Waals surface area contributed by atoms with Gasteiger partial charge in [0, 0.05) is 34.3 Å². The van der Waals surface area contributed by atoms with Crippen LogP contribution in [-0.4, -0.2) is 45.1 Å². The van der Waals surface area contributed by atoms with E-state index < -0.39 is 11.9 Å². The second kappa shape index (κ2) is 9.19. The highest BCUT2D eigenvalue weighted by atomic mass is 32.2. The fraction of sp³-hybridized carbons (Fsp3) is 0.536. The van der Waals surface area contributed by atoms with E-state index in [0.29, 0.717) is 36.6 Å². The molecule has 3 heterocycles. The second-order valence-electron chi connectivity index (χ2n) is 11.6. The predicted octanol–water partition coefficient (Wildman–Crippen LogP) is 3.43. The Morgan fingerprint density at radius 1 is 1.18 bits per heavy atom. The molecule has 4 aliphatic carbocycles. The number of thiazole rings is 1. The number of benzene rings is 1. The number of rotatable bonds is 7. The van der Waals surface area contributed by atoms with Crippen molar-refractivity contribution in [1.82, 2.24) is 20.5 Å². The molecule has 4 amide bonds. The standard InChI is InChI=1S/C28H30N4O4S2/c33-23-5-4-21(26(35)30-23)32-12-20-19(27(32)36)2-1-3-22(20)37-14-25-29-18(13-38-25)9-24(34)31-28-10-15-6-16(11-28)8-17(28)7-15/h1-3,13,15-17,21H,4-12,14H2,(H,31,34)(H,30,33,35). The molecule has 5 fully saturated rings. The molecule has 0 spiro atoms. The normalized spacial score (nSPS) is 31.2. The van der Waals surface area contributed by atoms with Crippen LogP contribution in [0.4, 0.5) is 0 Å². The van der Waals surface area contributed by atoms with E-state index in [0.717, 1.165) is 45.8 Å². The van der Waals surface area contributed by atoms with Crippen molar-refractivity contribution < 1.29 is 19.2 Å². The first kappa shape index (κ1) is 24.3. The number of fused-ring (bicyclic) bond motifs is 1. The maximum atomic E-state index is 13.1. The summed E-state index contributed by atoms with van der Waals surface area (Å²) in [7, 11) is 0. The average molecular weight is 551 g/mol. The van der Waals surface area contributed by atoms with Gasteiger partial charge in [0.25, 0.3) is 5.91 Å². The number of carbonyl (C=O) groups is 4. The van der Waals surface area contributed by atoms with Crippen molar-refractivity contribution >= 4 is 46.7 Å². The van der Waals surface area contributed by atoms with Gasteiger partial charge in [0.2, 0.25) is 17.7 Å². The maximum Gasteiger partial charge on any atom is 0.255 e. The molecule has 38 heavy (non-hydrogen) atoms. The number of hydrogen-bond donors (Lipinski definition) is 2. The Hall–Kier alpha value is -2.72. The first-order chi connectivity index (χ1) is 18.4. The van der Waals surface area contributed by atoms with Crippen LogP contribution in [0.15, 0.2) is 28.5 Å². The van der Waals surface area contributed by atoms with Crippen LogP contribution in [0.2, 0.25) is 0 Å². The highest BCUT2D eigenvalue weighted by Gasteiger charge is 2.58. The Labute approximate surface area is 229 Å². The molecule has 8 rings (SSSR count). The molecule has 0 radical (unpaired) electrons. The van der Waals surface area contributed by atoms with Crippen LogP contribution in [0.25, 0.3) is 0 Å². The number of aromatic nitrogens is 1. The highest BCUT2D eigenvalue weighted by Crippen LogP contribution is 2.60. The summed E-state index contributed by atoms with van der Waals surface area (Å²) in [5.74, 6) is 2.17. The zero-order valence-corrected chi connectivity index (χ0v) is 22.7. The third-order valence-electron chi connectivity index (χ3n) is 9.21. The van der Waals surface area contributed by atoms with Crippen LogP contribution in [0.1, 0.15) is 71.6 Å². The topological polar surface area (TPSA) is 108 Å². The van der Waals surface area contributed by atoms with Crippen LogP contribution < -0.4 is 10.6 Å². The average Bonchev–Trinajstić information content (AvgIpc) is 3.58. The van der Waals surface area contributed by atoms with Crippen molar-refractivity contribution in [2.24, 2.45) is 17.8 Å². The van der Waals surface area contributed by atoms with E-state index in [9.17, 15) is 19.2 Å². The lowest BCUT2D eigenvalue weighted by Crippen LogP contribution is -2.52. The molecular weight excluding hydrogens is 520 g/mol. The SMILES string of the molecule is O=C1CCC(N2Cc3c(SCc4nc(CC(=O)NC56CC7CC(CC5C7)C6)cs4)cccc3C2=O)C(=O)N1. The fourth-order valence-corrected chi connectivity index (χ4v) is 9.71. The van der Waals surface area contributed by atoms with Crippen LogP contribution in [-0.2, 0) is 33.1 Å². The van der Waals surface area contributed by atoms with E-state index in [4.69, 9.17) is 4.98 Å². The first-order valence-electron chi connectivity index (χ1n) is 13.5. The maximum absolute atomic E-state index is 13.1. The lowest BCUT2D eigenvalue weighted by Gasteiger charge is -2.33. The Morgan fingerprint density at radius 3 is 2.79 bits per heavy atom. The number of thioether (sulfide) groups is 1. The Kier molecular flexibility index (Phi) is 5.88. The van der Waals surface area contributed by atoms with Crippen LogP contribution >= 0.6 is 23.1 Å². The van der Waals surface area contributed by atoms with Crippen molar-refractivity contribution in [3.63, 3.8) is 0 Å². The van der Waals surface area contributed by atoms with Gasteiger partial charge in [-0.2, -0.15) is 0 Å². The van der Waals surface area contributed by atoms with Crippen LogP contribution in [0.5, 0.6) is 0 Å². The van der Waals surface area contributed by atoms with Gasteiger partial charge in [0.05, 0.1) is 17.9 Å². The van der Waals surface area contributed by atoms with E-state index in [1.807, 2.05) is 17.5 Å². The summed E-state index contributed by atoms with van der Waals surface area (Å²) in [6.07, 6.45) is 7.16. The Morgan fingerprint density at radius 2 is 2.00 bits per heavy atom. The van der Waals surface area contributed by atoms with Gasteiger partial charge in [0.1, 0.15) is 11.0 Å². The zero-order valence-electron chi connectivity index (χ0n) is 21.0. The number of hydrogen-bond acceptors (Lipinski definition) is 7. The summed E-state index contributed by atoms with van der Waals surface area (Å²) < 4.78 is 0. The smallest absolute Gasteiger partial charge is 0.255 e. The lowest BCUT2D eigenvalue weighted by atomic mass is 9.80. The number of nitrogens with one attached hydrogen (secondary N) is 2. The summed E-state index contributed by atoms with van der Waals surface area (Å²) in [4.78, 5) is 57.2. The third-order valence-corrected chi connectivity index (χ3v) is 11.4. The molecule has 8 nitrogen and oxygen atoms in total. The summed E-state index contributed by atoms with van der Waals surface area (Å²) in [6, 6.07) is 5.05. The lowest BCUT2D eigenvalue weighted by molar-refractivity contribution is -0.137. The molecule has 2 aliphatic heterocycles. The van der Waals surface area contributed by atoms with E-state index in [1.54, 1.807) is 34.1 Å². The molecule has 3 unspecified atom stereocenters. The molecule has 2 N–H and O–H groups in total. The van der Waals surface area contributed by atoms with Crippen molar-refractivity contribution in [3.8, 4) is 0 Å². The minimum Gasteiger partial charge on any atom is -0.350 e. The van der Waals surface area contributed by atoms with E-state index in [-0.39, 0.29) is 29.7 Å². The molecule has 10 heteroatoms. The number of imide groups is 1. The zero-order chi connectivity index (χ0) is 26.0. The molecule has 2 aromatic rings. The van der Waals surface area contributed by atoms with Gasteiger partial charge in [-0.15, -0.1) is 23.1 Å². The number of piperidine rings is 1. The number of carbonyl (C=O) groups excluding carboxylic acids is 4. The van der Waals surface area contributed by atoms with Crippen molar-refractivity contribution in [1.29, 1.82) is 0 Å².